The maximum atomic E-state index is 13.2. The van der Waals surface area contributed by atoms with Crippen LogP contribution in [-0.2, 0) is 0 Å². The summed E-state index contributed by atoms with van der Waals surface area (Å²) in [5, 5.41) is 19.7. The van der Waals surface area contributed by atoms with Crippen LogP contribution >= 0.6 is 22.1 Å². The molecule has 0 bridgehead atoms. The SMILES string of the molecule is CC(C)/C=N/n1c(=O)c(C2=NS(O)(O)c3ccccc3N2)c(O)c2sccc21. The van der Waals surface area contributed by atoms with Crippen molar-refractivity contribution in [3.8, 4) is 5.75 Å². The van der Waals surface area contributed by atoms with Crippen molar-refractivity contribution in [1.29, 1.82) is 0 Å². The predicted molar refractivity (Wildman–Crippen MR) is 114 cm³/mol. The first-order valence-electron chi connectivity index (χ1n) is 8.44. The number of thiophene rings is 1. The summed E-state index contributed by atoms with van der Waals surface area (Å²) in [4.78, 5) is 13.4. The van der Waals surface area contributed by atoms with Gasteiger partial charge < -0.3 is 10.4 Å². The molecule has 1 aromatic carbocycles. The van der Waals surface area contributed by atoms with Crippen LogP contribution in [0.2, 0.25) is 0 Å². The molecule has 0 aliphatic carbocycles. The molecule has 1 aliphatic heterocycles. The first-order chi connectivity index (χ1) is 13.3. The number of pyridine rings is 1. The number of anilines is 1. The molecule has 146 valence electrons. The van der Waals surface area contributed by atoms with Gasteiger partial charge in [-0.1, -0.05) is 36.8 Å². The molecule has 0 radical (unpaired) electrons. The molecule has 0 saturated carbocycles. The number of hydrogen-bond donors (Lipinski definition) is 4. The molecule has 1 aliphatic rings. The van der Waals surface area contributed by atoms with Crippen LogP contribution < -0.4 is 10.9 Å². The lowest BCUT2D eigenvalue weighted by Gasteiger charge is -2.34. The number of aromatic hydroxyl groups is 1. The number of benzene rings is 1. The first kappa shape index (κ1) is 18.7. The van der Waals surface area contributed by atoms with Gasteiger partial charge in [-0.3, -0.25) is 13.9 Å². The normalized spacial score (nSPS) is 16.8. The molecule has 0 fully saturated rings. The number of amidine groups is 1. The molecule has 0 unspecified atom stereocenters. The highest BCUT2D eigenvalue weighted by Gasteiger charge is 2.30. The lowest BCUT2D eigenvalue weighted by atomic mass is 10.2. The number of aromatic nitrogens is 1. The van der Waals surface area contributed by atoms with Crippen LogP contribution in [0.3, 0.4) is 0 Å². The zero-order chi connectivity index (χ0) is 20.1. The van der Waals surface area contributed by atoms with Gasteiger partial charge in [0, 0.05) is 6.21 Å². The van der Waals surface area contributed by atoms with Crippen molar-refractivity contribution < 1.29 is 14.2 Å². The Balaban J connectivity index is 1.98. The van der Waals surface area contributed by atoms with Crippen LogP contribution in [0.4, 0.5) is 5.69 Å². The maximum absolute atomic E-state index is 13.2. The van der Waals surface area contributed by atoms with Crippen molar-refractivity contribution in [3.63, 3.8) is 0 Å². The van der Waals surface area contributed by atoms with E-state index in [4.69, 9.17) is 0 Å². The third-order valence-corrected chi connectivity index (χ3v) is 6.40. The highest BCUT2D eigenvalue weighted by molar-refractivity contribution is 8.23. The van der Waals surface area contributed by atoms with Crippen molar-refractivity contribution in [2.24, 2.45) is 15.4 Å². The summed E-state index contributed by atoms with van der Waals surface area (Å²) in [5.74, 6) is -0.265. The number of rotatable bonds is 3. The minimum atomic E-state index is -3.52. The Bertz CT molecular complexity index is 1190. The van der Waals surface area contributed by atoms with Crippen LogP contribution in [0.15, 0.2) is 54.9 Å². The third-order valence-electron chi connectivity index (χ3n) is 4.10. The van der Waals surface area contributed by atoms with Gasteiger partial charge in [0.25, 0.3) is 5.56 Å². The van der Waals surface area contributed by atoms with E-state index in [1.165, 1.54) is 16.0 Å². The number of hydrogen-bond acceptors (Lipinski definition) is 8. The first-order valence-corrected chi connectivity index (χ1v) is 10.8. The highest BCUT2D eigenvalue weighted by atomic mass is 32.3. The van der Waals surface area contributed by atoms with Crippen molar-refractivity contribution in [3.05, 3.63) is 51.6 Å². The van der Waals surface area contributed by atoms with Gasteiger partial charge in [-0.15, -0.1) is 15.7 Å². The zero-order valence-corrected chi connectivity index (χ0v) is 16.7. The van der Waals surface area contributed by atoms with Crippen LogP contribution in [0.25, 0.3) is 10.2 Å². The fourth-order valence-corrected chi connectivity index (χ4v) is 4.84. The van der Waals surface area contributed by atoms with E-state index in [0.717, 1.165) is 0 Å². The molecule has 8 nitrogen and oxygen atoms in total. The van der Waals surface area contributed by atoms with Gasteiger partial charge in [0.2, 0.25) is 0 Å². The van der Waals surface area contributed by atoms with Crippen LogP contribution in [0, 0.1) is 5.92 Å². The summed E-state index contributed by atoms with van der Waals surface area (Å²) in [5.41, 5.74) is 0.109. The quantitative estimate of drug-likeness (QED) is 0.476. The van der Waals surface area contributed by atoms with E-state index in [9.17, 15) is 19.0 Å². The zero-order valence-electron chi connectivity index (χ0n) is 15.0. The molecule has 0 saturated heterocycles. The van der Waals surface area contributed by atoms with E-state index in [0.29, 0.717) is 15.9 Å². The molecule has 10 heteroatoms. The van der Waals surface area contributed by atoms with Gasteiger partial charge in [0.15, 0.2) is 11.6 Å². The second-order valence-electron chi connectivity index (χ2n) is 6.56. The highest BCUT2D eigenvalue weighted by Crippen LogP contribution is 2.55. The minimum absolute atomic E-state index is 0.106. The Labute approximate surface area is 166 Å². The summed E-state index contributed by atoms with van der Waals surface area (Å²) < 4.78 is 26.5. The topological polar surface area (TPSA) is 119 Å². The Morgan fingerprint density at radius 1 is 1.29 bits per heavy atom. The number of nitrogens with zero attached hydrogens (tertiary/aromatic N) is 3. The molecule has 28 heavy (non-hydrogen) atoms. The van der Waals surface area contributed by atoms with E-state index in [1.807, 2.05) is 13.8 Å². The van der Waals surface area contributed by atoms with Crippen LogP contribution in [-0.4, -0.2) is 30.9 Å². The van der Waals surface area contributed by atoms with E-state index >= 15 is 0 Å². The summed E-state index contributed by atoms with van der Waals surface area (Å²) in [6, 6.07) is 8.28. The summed E-state index contributed by atoms with van der Waals surface area (Å²) >= 11 is 1.25. The average Bonchev–Trinajstić information content (AvgIpc) is 3.11. The van der Waals surface area contributed by atoms with Gasteiger partial charge in [-0.05, 0) is 29.5 Å². The largest absolute Gasteiger partial charge is 0.505 e. The molecule has 3 aromatic rings. The second kappa shape index (κ2) is 6.74. The van der Waals surface area contributed by atoms with Crippen LogP contribution in [0.5, 0.6) is 5.75 Å². The van der Waals surface area contributed by atoms with Crippen molar-refractivity contribution in [2.45, 2.75) is 18.7 Å². The maximum Gasteiger partial charge on any atom is 0.286 e. The molecular formula is C18H18N4O4S2. The number of nitrogens with one attached hydrogen (secondary N) is 1. The van der Waals surface area contributed by atoms with E-state index in [2.05, 4.69) is 14.8 Å². The molecule has 0 amide bonds. The lowest BCUT2D eigenvalue weighted by Crippen LogP contribution is -2.30. The summed E-state index contributed by atoms with van der Waals surface area (Å²) in [6.45, 7) is 3.86. The molecule has 4 rings (SSSR count). The molecule has 3 heterocycles. The molecule has 0 atom stereocenters. The molecule has 0 spiro atoms. The van der Waals surface area contributed by atoms with Crippen molar-refractivity contribution >= 4 is 50.1 Å². The van der Waals surface area contributed by atoms with Gasteiger partial charge >= 0.3 is 0 Å². The summed E-state index contributed by atoms with van der Waals surface area (Å²) in [7, 11) is -3.52. The Morgan fingerprint density at radius 3 is 2.79 bits per heavy atom. The van der Waals surface area contributed by atoms with Crippen LogP contribution in [0.1, 0.15) is 19.4 Å². The number of fused-ring (bicyclic) bond motifs is 2. The smallest absolute Gasteiger partial charge is 0.286 e. The van der Waals surface area contributed by atoms with Gasteiger partial charge in [0.05, 0.1) is 15.9 Å². The monoisotopic (exact) mass is 418 g/mol. The third kappa shape index (κ3) is 3.00. The van der Waals surface area contributed by atoms with E-state index in [-0.39, 0.29) is 28.0 Å². The fraction of sp³-hybridized carbons (Fsp3) is 0.167. The second-order valence-corrected chi connectivity index (χ2v) is 9.14. The van der Waals surface area contributed by atoms with Gasteiger partial charge in [0.1, 0.15) is 10.5 Å². The Kier molecular flexibility index (Phi) is 4.50. The average molecular weight is 419 g/mol. The fourth-order valence-electron chi connectivity index (χ4n) is 2.85. The molecular weight excluding hydrogens is 400 g/mol. The van der Waals surface area contributed by atoms with E-state index in [1.54, 1.807) is 41.9 Å². The lowest BCUT2D eigenvalue weighted by molar-refractivity contribution is 0.479. The standard InChI is InChI=1S/C18H18N4O4S2/c1-10(2)9-19-22-12-7-8-27-16(12)15(23)14(18(22)24)17-20-11-5-3-4-6-13(11)28(25,26)21-17/h3-10,23,25-26H,1-2H3,(H,20,21)/b19-9+. The van der Waals surface area contributed by atoms with E-state index < -0.39 is 16.3 Å². The Morgan fingerprint density at radius 2 is 2.04 bits per heavy atom. The summed E-state index contributed by atoms with van der Waals surface area (Å²) in [6.07, 6.45) is 1.62. The number of para-hydroxylation sites is 1. The van der Waals surface area contributed by atoms with Gasteiger partial charge in [-0.2, -0.15) is 9.78 Å². The van der Waals surface area contributed by atoms with Gasteiger partial charge in [-0.25, -0.2) is 0 Å². The predicted octanol–water partition coefficient (Wildman–Crippen LogP) is 4.16. The van der Waals surface area contributed by atoms with Crippen molar-refractivity contribution in [2.75, 3.05) is 5.32 Å². The Hall–Kier alpha value is -2.66. The molecule has 2 aromatic heterocycles. The molecule has 4 N–H and O–H groups in total. The van der Waals surface area contributed by atoms with Crippen molar-refractivity contribution in [1.82, 2.24) is 4.68 Å². The minimum Gasteiger partial charge on any atom is -0.505 e.